The number of halogens is 1. The van der Waals surface area contributed by atoms with Crippen molar-refractivity contribution >= 4 is 5.97 Å². The summed E-state index contributed by atoms with van der Waals surface area (Å²) in [7, 11) is 0. The van der Waals surface area contributed by atoms with Gasteiger partial charge in [-0.15, -0.1) is 0 Å². The zero-order chi connectivity index (χ0) is 9.84. The summed E-state index contributed by atoms with van der Waals surface area (Å²) in [6.07, 6.45) is -1.65. The van der Waals surface area contributed by atoms with Crippen molar-refractivity contribution < 1.29 is 19.4 Å². The van der Waals surface area contributed by atoms with Crippen LogP contribution in [0.3, 0.4) is 0 Å². The van der Waals surface area contributed by atoms with Gasteiger partial charge in [0, 0.05) is 0 Å². The molecule has 0 heterocycles. The Kier molecular flexibility index (Phi) is 2.97. The van der Waals surface area contributed by atoms with Gasteiger partial charge in [-0.25, -0.2) is 9.18 Å². The first-order valence-corrected chi connectivity index (χ1v) is 3.71. The van der Waals surface area contributed by atoms with Crippen molar-refractivity contribution in [3.8, 4) is 0 Å². The molecule has 1 atom stereocenters. The van der Waals surface area contributed by atoms with Crippen LogP contribution in [0.25, 0.3) is 0 Å². The van der Waals surface area contributed by atoms with E-state index < -0.39 is 18.7 Å². The molecule has 0 aliphatic carbocycles. The average Bonchev–Trinajstić information content (AvgIpc) is 2.16. The molecule has 3 nitrogen and oxygen atoms in total. The molecule has 13 heavy (non-hydrogen) atoms. The summed E-state index contributed by atoms with van der Waals surface area (Å²) in [4.78, 5) is 10.4. The Morgan fingerprint density at radius 2 is 2.08 bits per heavy atom. The predicted octanol–water partition coefficient (Wildman–Crippen LogP) is 1.27. The van der Waals surface area contributed by atoms with Gasteiger partial charge in [0.25, 0.3) is 0 Å². The Morgan fingerprint density at radius 1 is 1.46 bits per heavy atom. The van der Waals surface area contributed by atoms with Crippen molar-refractivity contribution in [3.63, 3.8) is 0 Å². The molecule has 1 aromatic rings. The van der Waals surface area contributed by atoms with Gasteiger partial charge < -0.3 is 10.2 Å². The summed E-state index contributed by atoms with van der Waals surface area (Å²) in [6.45, 7) is -0.777. The highest BCUT2D eigenvalue weighted by molar-refractivity contribution is 5.74. The minimum absolute atomic E-state index is 0.109. The predicted molar refractivity (Wildman–Crippen MR) is 43.8 cm³/mol. The van der Waals surface area contributed by atoms with Gasteiger partial charge in [0.15, 0.2) is 6.10 Å². The fourth-order valence-electron chi connectivity index (χ4n) is 1.06. The van der Waals surface area contributed by atoms with Crippen molar-refractivity contribution in [2.75, 3.05) is 0 Å². The topological polar surface area (TPSA) is 57.5 Å². The van der Waals surface area contributed by atoms with Crippen LogP contribution in [0.15, 0.2) is 24.3 Å². The molecule has 0 aromatic heterocycles. The van der Waals surface area contributed by atoms with Crippen LogP contribution in [0.2, 0.25) is 0 Å². The van der Waals surface area contributed by atoms with Crippen molar-refractivity contribution in [1.82, 2.24) is 0 Å². The van der Waals surface area contributed by atoms with Crippen LogP contribution in [-0.2, 0) is 11.5 Å². The lowest BCUT2D eigenvalue weighted by Gasteiger charge is -2.08. The first-order chi connectivity index (χ1) is 6.16. The molecule has 1 rings (SSSR count). The van der Waals surface area contributed by atoms with Gasteiger partial charge in [-0.2, -0.15) is 0 Å². The molecule has 0 radical (unpaired) electrons. The van der Waals surface area contributed by atoms with E-state index in [2.05, 4.69) is 0 Å². The highest BCUT2D eigenvalue weighted by atomic mass is 19.1. The lowest BCUT2D eigenvalue weighted by atomic mass is 10.0. The summed E-state index contributed by atoms with van der Waals surface area (Å²) >= 11 is 0. The van der Waals surface area contributed by atoms with Crippen LogP contribution in [0.4, 0.5) is 4.39 Å². The molecule has 0 aliphatic rings. The highest BCUT2D eigenvalue weighted by Gasteiger charge is 2.18. The Balaban J connectivity index is 3.05. The SMILES string of the molecule is O=C(O)C(O)c1ccccc1CF. The second-order valence-corrected chi connectivity index (χ2v) is 2.57. The number of hydrogen-bond acceptors (Lipinski definition) is 2. The largest absolute Gasteiger partial charge is 0.479 e. The molecule has 4 heteroatoms. The second-order valence-electron chi connectivity index (χ2n) is 2.57. The number of alkyl halides is 1. The first-order valence-electron chi connectivity index (χ1n) is 3.71. The molecule has 1 unspecified atom stereocenters. The molecule has 0 spiro atoms. The van der Waals surface area contributed by atoms with Gasteiger partial charge >= 0.3 is 5.97 Å². The molecule has 0 bridgehead atoms. The van der Waals surface area contributed by atoms with Crippen LogP contribution < -0.4 is 0 Å². The van der Waals surface area contributed by atoms with E-state index in [4.69, 9.17) is 10.2 Å². The van der Waals surface area contributed by atoms with Gasteiger partial charge in [0.05, 0.1) is 0 Å². The van der Waals surface area contributed by atoms with E-state index in [0.29, 0.717) is 0 Å². The standard InChI is InChI=1S/C9H9FO3/c10-5-6-3-1-2-4-7(6)8(11)9(12)13/h1-4,8,11H,5H2,(H,12,13). The summed E-state index contributed by atoms with van der Waals surface area (Å²) < 4.78 is 12.3. The Hall–Kier alpha value is -1.42. The van der Waals surface area contributed by atoms with E-state index in [0.717, 1.165) is 0 Å². The van der Waals surface area contributed by atoms with E-state index in [-0.39, 0.29) is 11.1 Å². The van der Waals surface area contributed by atoms with Crippen LogP contribution >= 0.6 is 0 Å². The van der Waals surface area contributed by atoms with Crippen molar-refractivity contribution in [1.29, 1.82) is 0 Å². The Bertz CT molecular complexity index is 311. The molecular weight excluding hydrogens is 175 g/mol. The minimum atomic E-state index is -1.65. The zero-order valence-electron chi connectivity index (χ0n) is 6.77. The van der Waals surface area contributed by atoms with Crippen molar-refractivity contribution in [3.05, 3.63) is 35.4 Å². The third kappa shape index (κ3) is 2.03. The van der Waals surface area contributed by atoms with Crippen LogP contribution in [-0.4, -0.2) is 16.2 Å². The molecule has 0 saturated carbocycles. The minimum Gasteiger partial charge on any atom is -0.479 e. The molecule has 1 aromatic carbocycles. The lowest BCUT2D eigenvalue weighted by molar-refractivity contribution is -0.147. The third-order valence-electron chi connectivity index (χ3n) is 1.73. The van der Waals surface area contributed by atoms with Gasteiger partial charge in [0.2, 0.25) is 0 Å². The number of aliphatic hydroxyl groups is 1. The number of carboxylic acid groups (broad SMARTS) is 1. The van der Waals surface area contributed by atoms with Crippen LogP contribution in [0.1, 0.15) is 17.2 Å². The summed E-state index contributed by atoms with van der Waals surface area (Å²) in [5, 5.41) is 17.6. The molecule has 70 valence electrons. The molecule has 0 saturated heterocycles. The van der Waals surface area contributed by atoms with Gasteiger partial charge in [-0.1, -0.05) is 24.3 Å². The van der Waals surface area contributed by atoms with Gasteiger partial charge in [-0.05, 0) is 11.1 Å². The maximum atomic E-state index is 12.3. The highest BCUT2D eigenvalue weighted by Crippen LogP contribution is 2.18. The van der Waals surface area contributed by atoms with E-state index in [1.165, 1.54) is 12.1 Å². The van der Waals surface area contributed by atoms with Gasteiger partial charge in [0.1, 0.15) is 6.67 Å². The van der Waals surface area contributed by atoms with Crippen LogP contribution in [0.5, 0.6) is 0 Å². The fraction of sp³-hybridized carbons (Fsp3) is 0.222. The zero-order valence-corrected chi connectivity index (χ0v) is 6.77. The van der Waals surface area contributed by atoms with Gasteiger partial charge in [-0.3, -0.25) is 0 Å². The lowest BCUT2D eigenvalue weighted by Crippen LogP contribution is -2.12. The molecule has 0 aliphatic heterocycles. The van der Waals surface area contributed by atoms with Crippen molar-refractivity contribution in [2.24, 2.45) is 0 Å². The van der Waals surface area contributed by atoms with Crippen molar-refractivity contribution in [2.45, 2.75) is 12.8 Å². The number of carbonyl (C=O) groups is 1. The number of carboxylic acids is 1. The maximum Gasteiger partial charge on any atom is 0.337 e. The number of rotatable bonds is 3. The van der Waals surface area contributed by atoms with E-state index in [1.807, 2.05) is 0 Å². The van der Waals surface area contributed by atoms with Crippen LogP contribution in [0, 0.1) is 0 Å². The maximum absolute atomic E-state index is 12.3. The average molecular weight is 184 g/mol. The second kappa shape index (κ2) is 4.00. The fourth-order valence-corrected chi connectivity index (χ4v) is 1.06. The number of hydrogen-bond donors (Lipinski definition) is 2. The summed E-state index contributed by atoms with van der Waals surface area (Å²) in [6, 6.07) is 5.99. The number of aliphatic carboxylic acids is 1. The van der Waals surface area contributed by atoms with E-state index in [9.17, 15) is 9.18 Å². The molecule has 0 fully saturated rings. The van der Waals surface area contributed by atoms with E-state index >= 15 is 0 Å². The van der Waals surface area contributed by atoms with E-state index in [1.54, 1.807) is 12.1 Å². The molecular formula is C9H9FO3. The quantitative estimate of drug-likeness (QED) is 0.743. The number of benzene rings is 1. The molecule has 0 amide bonds. The molecule has 2 N–H and O–H groups in total. The summed E-state index contributed by atoms with van der Waals surface area (Å²) in [5.41, 5.74) is 0.315. The monoisotopic (exact) mass is 184 g/mol. The Morgan fingerprint density at radius 3 is 2.62 bits per heavy atom. The first kappa shape index (κ1) is 9.67. The normalized spacial score (nSPS) is 12.5. The third-order valence-corrected chi connectivity index (χ3v) is 1.73. The summed E-state index contributed by atoms with van der Waals surface area (Å²) in [5.74, 6) is -1.37. The smallest absolute Gasteiger partial charge is 0.337 e. The Labute approximate surface area is 74.4 Å². The number of aliphatic hydroxyl groups excluding tert-OH is 1.